The second kappa shape index (κ2) is 7.19. The Kier molecular flexibility index (Phi) is 5.95. The Hall–Kier alpha value is -0.120. The van der Waals surface area contributed by atoms with E-state index < -0.39 is 0 Å². The molecule has 2 saturated heterocycles. The summed E-state index contributed by atoms with van der Waals surface area (Å²) in [7, 11) is 0. The fraction of sp³-hybridized carbons (Fsp3) is 1.00. The second-order valence-corrected chi connectivity index (χ2v) is 9.74. The Labute approximate surface area is 139 Å². The molecule has 0 saturated carbocycles. The Bertz CT molecular complexity index is 324. The van der Waals surface area contributed by atoms with Crippen LogP contribution in [0.15, 0.2) is 0 Å². The molecule has 0 bridgehead atoms. The average molecular weight is 310 g/mol. The van der Waals surface area contributed by atoms with Crippen molar-refractivity contribution >= 4 is 0 Å². The van der Waals surface area contributed by atoms with Crippen LogP contribution in [-0.2, 0) is 0 Å². The molecule has 0 aromatic heterocycles. The van der Waals surface area contributed by atoms with Crippen LogP contribution >= 0.6 is 0 Å². The molecule has 0 aliphatic carbocycles. The van der Waals surface area contributed by atoms with Crippen LogP contribution in [0.1, 0.15) is 54.4 Å². The predicted octanol–water partition coefficient (Wildman–Crippen LogP) is 3.16. The van der Waals surface area contributed by atoms with Gasteiger partial charge in [-0.25, -0.2) is 0 Å². The molecule has 0 aromatic carbocycles. The van der Waals surface area contributed by atoms with Crippen molar-refractivity contribution < 1.29 is 0 Å². The molecule has 2 aliphatic rings. The van der Waals surface area contributed by atoms with Crippen LogP contribution in [0.3, 0.4) is 0 Å². The molecule has 0 amide bonds. The molecule has 2 fully saturated rings. The van der Waals surface area contributed by atoms with Gasteiger partial charge < -0.3 is 9.80 Å². The minimum Gasteiger partial charge on any atom is -0.303 e. The third-order valence-corrected chi connectivity index (χ3v) is 5.24. The molecule has 2 rings (SSSR count). The van der Waals surface area contributed by atoms with E-state index >= 15 is 0 Å². The molecule has 2 aliphatic heterocycles. The zero-order chi connectivity index (χ0) is 16.4. The highest BCUT2D eigenvalue weighted by Gasteiger charge is 2.28. The Morgan fingerprint density at radius 2 is 1.27 bits per heavy atom. The van der Waals surface area contributed by atoms with E-state index in [4.69, 9.17) is 0 Å². The maximum absolute atomic E-state index is 2.71. The minimum absolute atomic E-state index is 0.338. The highest BCUT2D eigenvalue weighted by atomic mass is 15.3. The van der Waals surface area contributed by atoms with E-state index in [0.29, 0.717) is 11.0 Å². The minimum atomic E-state index is 0.338. The van der Waals surface area contributed by atoms with Gasteiger partial charge in [0, 0.05) is 44.8 Å². The number of hydrogen-bond donors (Lipinski definition) is 0. The lowest BCUT2D eigenvalue weighted by Gasteiger charge is -2.44. The highest BCUT2D eigenvalue weighted by molar-refractivity contribution is 4.84. The number of hydrogen-bond acceptors (Lipinski definition) is 3. The molecular formula is C19H39N3. The zero-order valence-corrected chi connectivity index (χ0v) is 16.0. The van der Waals surface area contributed by atoms with Gasteiger partial charge in [-0.3, -0.25) is 4.90 Å². The predicted molar refractivity (Wildman–Crippen MR) is 96.4 cm³/mol. The quantitative estimate of drug-likeness (QED) is 0.793. The van der Waals surface area contributed by atoms with Gasteiger partial charge in [0.15, 0.2) is 0 Å². The number of piperazine rings is 1. The summed E-state index contributed by atoms with van der Waals surface area (Å²) in [6.07, 6.45) is 2.80. The number of piperidine rings is 1. The van der Waals surface area contributed by atoms with Crippen molar-refractivity contribution in [3.8, 4) is 0 Å². The van der Waals surface area contributed by atoms with Crippen molar-refractivity contribution in [3.05, 3.63) is 0 Å². The van der Waals surface area contributed by atoms with Gasteiger partial charge in [-0.2, -0.15) is 0 Å². The topological polar surface area (TPSA) is 9.72 Å². The molecule has 0 unspecified atom stereocenters. The largest absolute Gasteiger partial charge is 0.303 e. The molecule has 0 radical (unpaired) electrons. The van der Waals surface area contributed by atoms with Gasteiger partial charge in [-0.05, 0) is 58.0 Å². The summed E-state index contributed by atoms with van der Waals surface area (Å²) in [5.41, 5.74) is 0.778. The fourth-order valence-corrected chi connectivity index (χ4v) is 3.96. The standard InChI is InChI=1S/C19H39N3/c1-18(2,3)16-21-9-7-17(8-10-21)15-20-11-13-22(14-12-20)19(4,5)6/h17H,7-16H2,1-6H3. The SMILES string of the molecule is CC(C)(C)CN1CCC(CN2CCN(C(C)(C)C)CC2)CC1. The molecule has 130 valence electrons. The Balaban J connectivity index is 1.67. The lowest BCUT2D eigenvalue weighted by molar-refractivity contribution is 0.0457. The number of rotatable bonds is 3. The van der Waals surface area contributed by atoms with Crippen molar-refractivity contribution in [2.24, 2.45) is 11.3 Å². The smallest absolute Gasteiger partial charge is 0.0126 e. The first kappa shape index (κ1) is 18.2. The highest BCUT2D eigenvalue weighted by Crippen LogP contribution is 2.24. The summed E-state index contributed by atoms with van der Waals surface area (Å²) in [4.78, 5) is 8.02. The fourth-order valence-electron chi connectivity index (χ4n) is 3.96. The van der Waals surface area contributed by atoms with Crippen LogP contribution in [-0.4, -0.2) is 72.6 Å². The van der Waals surface area contributed by atoms with Gasteiger partial charge in [0.25, 0.3) is 0 Å². The first-order valence-corrected chi connectivity index (χ1v) is 9.33. The molecule has 22 heavy (non-hydrogen) atoms. The van der Waals surface area contributed by atoms with Crippen molar-refractivity contribution in [2.75, 3.05) is 52.4 Å². The summed E-state index contributed by atoms with van der Waals surface area (Å²) < 4.78 is 0. The molecular weight excluding hydrogens is 270 g/mol. The molecule has 0 spiro atoms. The maximum Gasteiger partial charge on any atom is 0.0126 e. The Morgan fingerprint density at radius 3 is 1.73 bits per heavy atom. The lowest BCUT2D eigenvalue weighted by Crippen LogP contribution is -2.54. The molecule has 3 nitrogen and oxygen atoms in total. The van der Waals surface area contributed by atoms with Crippen LogP contribution in [0.25, 0.3) is 0 Å². The van der Waals surface area contributed by atoms with E-state index in [1.807, 2.05) is 0 Å². The molecule has 0 aromatic rings. The van der Waals surface area contributed by atoms with Gasteiger partial charge in [0.1, 0.15) is 0 Å². The summed E-state index contributed by atoms with van der Waals surface area (Å²) in [5, 5.41) is 0. The molecule has 3 heteroatoms. The van der Waals surface area contributed by atoms with Gasteiger partial charge in [-0.15, -0.1) is 0 Å². The summed E-state index contributed by atoms with van der Waals surface area (Å²) in [6, 6.07) is 0. The first-order valence-electron chi connectivity index (χ1n) is 9.33. The van der Waals surface area contributed by atoms with Crippen molar-refractivity contribution in [3.63, 3.8) is 0 Å². The summed E-state index contributed by atoms with van der Waals surface area (Å²) in [5.74, 6) is 0.928. The Morgan fingerprint density at radius 1 is 0.727 bits per heavy atom. The van der Waals surface area contributed by atoms with Crippen LogP contribution in [0.4, 0.5) is 0 Å². The normalized spacial score (nSPS) is 24.8. The molecule has 0 N–H and O–H groups in total. The van der Waals surface area contributed by atoms with Crippen LogP contribution < -0.4 is 0 Å². The van der Waals surface area contributed by atoms with Crippen molar-refractivity contribution in [2.45, 2.75) is 59.9 Å². The third-order valence-electron chi connectivity index (χ3n) is 5.24. The molecule has 2 heterocycles. The van der Waals surface area contributed by atoms with Crippen molar-refractivity contribution in [1.29, 1.82) is 0 Å². The zero-order valence-electron chi connectivity index (χ0n) is 16.0. The van der Waals surface area contributed by atoms with E-state index in [0.717, 1.165) is 5.92 Å². The second-order valence-electron chi connectivity index (χ2n) is 9.74. The van der Waals surface area contributed by atoms with Gasteiger partial charge in [-0.1, -0.05) is 20.8 Å². The lowest BCUT2D eigenvalue weighted by atomic mass is 9.91. The van der Waals surface area contributed by atoms with Gasteiger partial charge in [0.05, 0.1) is 0 Å². The number of likely N-dealkylation sites (tertiary alicyclic amines) is 1. The van der Waals surface area contributed by atoms with Crippen LogP contribution in [0, 0.1) is 11.3 Å². The molecule has 0 atom stereocenters. The summed E-state index contributed by atoms with van der Waals surface area (Å²) >= 11 is 0. The van der Waals surface area contributed by atoms with Crippen LogP contribution in [0.2, 0.25) is 0 Å². The van der Waals surface area contributed by atoms with E-state index in [1.165, 1.54) is 65.2 Å². The van der Waals surface area contributed by atoms with Gasteiger partial charge in [0.2, 0.25) is 0 Å². The van der Waals surface area contributed by atoms with Crippen LogP contribution in [0.5, 0.6) is 0 Å². The first-order chi connectivity index (χ1) is 10.1. The summed E-state index contributed by atoms with van der Waals surface area (Å²) in [6.45, 7) is 24.3. The van der Waals surface area contributed by atoms with Gasteiger partial charge >= 0.3 is 0 Å². The van der Waals surface area contributed by atoms with E-state index in [9.17, 15) is 0 Å². The van der Waals surface area contributed by atoms with E-state index in [2.05, 4.69) is 56.2 Å². The average Bonchev–Trinajstić information content (AvgIpc) is 2.39. The maximum atomic E-state index is 2.71. The van der Waals surface area contributed by atoms with Crippen molar-refractivity contribution in [1.82, 2.24) is 14.7 Å². The third kappa shape index (κ3) is 5.82. The van der Waals surface area contributed by atoms with E-state index in [-0.39, 0.29) is 0 Å². The monoisotopic (exact) mass is 309 g/mol. The van der Waals surface area contributed by atoms with E-state index in [1.54, 1.807) is 0 Å². The number of nitrogens with zero attached hydrogens (tertiary/aromatic N) is 3.